The molecular weight excluding hydrogens is 374 g/mol. The maximum atomic E-state index is 12.9. The molecule has 2 aromatic rings. The molecule has 0 saturated heterocycles. The molecule has 138 valence electrons. The Bertz CT molecular complexity index is 741. The van der Waals surface area contributed by atoms with E-state index < -0.39 is 11.7 Å². The number of hydrogen-bond acceptors (Lipinski definition) is 6. The fraction of sp³-hybridized carbons (Fsp3) is 0.250. The predicted octanol–water partition coefficient (Wildman–Crippen LogP) is 0.967. The van der Waals surface area contributed by atoms with Crippen LogP contribution in [0.15, 0.2) is 18.3 Å². The third kappa shape index (κ3) is 5.40. The fourth-order valence-corrected chi connectivity index (χ4v) is 2.17. The van der Waals surface area contributed by atoms with Gasteiger partial charge in [-0.05, 0) is 12.7 Å². The van der Waals surface area contributed by atoms with E-state index in [2.05, 4.69) is 32.8 Å². The summed E-state index contributed by atoms with van der Waals surface area (Å²) < 4.78 is 44.0. The molecule has 0 atom stereocenters. The molecule has 0 aliphatic heterocycles. The Balaban J connectivity index is 0.00000312. The van der Waals surface area contributed by atoms with Gasteiger partial charge in [0, 0.05) is 13.2 Å². The van der Waals surface area contributed by atoms with Crippen molar-refractivity contribution in [3.8, 4) is 5.75 Å². The Kier molecular flexibility index (Phi) is 9.74. The Labute approximate surface area is 193 Å². The zero-order valence-electron chi connectivity index (χ0n) is 15.4. The van der Waals surface area contributed by atoms with Crippen LogP contribution in [0.5, 0.6) is 5.75 Å². The number of ether oxygens (including phenoxy) is 1. The summed E-state index contributed by atoms with van der Waals surface area (Å²) in [6.07, 6.45) is -3.81. The molecule has 2 rings (SSSR count). The number of methoxy groups -OCH3 is 1. The molecule has 0 spiro atoms. The number of anilines is 4. The Morgan fingerprint density at radius 1 is 1.15 bits per heavy atom. The normalized spacial score (nSPS) is 10.2. The van der Waals surface area contributed by atoms with E-state index >= 15 is 0 Å². The standard InChI is InChI=1S/C15H17F3N5O.CH3.K/c1-8-5-6-10(12(24-4)11(8)19-2)22-14-21-7-9(15(16,17)18)13(20-3)23-14;;/h5-7,19H,1H2,2-4H3,(H2,20,21,22,23);1H3;/q2*-1;+1. The monoisotopic (exact) mass is 394 g/mol. The number of halogens is 3. The third-order valence-electron chi connectivity index (χ3n) is 3.28. The maximum absolute atomic E-state index is 12.9. The number of aromatic nitrogens is 2. The molecule has 1 aromatic heterocycles. The van der Waals surface area contributed by atoms with E-state index in [4.69, 9.17) is 4.74 Å². The molecule has 0 fully saturated rings. The number of rotatable bonds is 5. The van der Waals surface area contributed by atoms with Gasteiger partial charge in [-0.3, -0.25) is 0 Å². The minimum Gasteiger partial charge on any atom is -0.505 e. The van der Waals surface area contributed by atoms with Gasteiger partial charge in [-0.2, -0.15) is 36.7 Å². The van der Waals surface area contributed by atoms with Gasteiger partial charge >= 0.3 is 57.6 Å². The quantitative estimate of drug-likeness (QED) is 0.519. The molecule has 0 bridgehead atoms. The van der Waals surface area contributed by atoms with Crippen LogP contribution in [0.4, 0.5) is 36.3 Å². The number of benzene rings is 1. The summed E-state index contributed by atoms with van der Waals surface area (Å²) in [5, 5.41) is 8.24. The molecule has 0 saturated carbocycles. The van der Waals surface area contributed by atoms with E-state index in [0.29, 0.717) is 22.7 Å². The maximum Gasteiger partial charge on any atom is 1.00 e. The van der Waals surface area contributed by atoms with Gasteiger partial charge in [0.1, 0.15) is 17.1 Å². The van der Waals surface area contributed by atoms with Crippen molar-refractivity contribution in [2.75, 3.05) is 37.2 Å². The molecule has 26 heavy (non-hydrogen) atoms. The van der Waals surface area contributed by atoms with Crippen molar-refractivity contribution < 1.29 is 69.3 Å². The van der Waals surface area contributed by atoms with Gasteiger partial charge in [0.2, 0.25) is 5.95 Å². The topological polar surface area (TPSA) is 71.1 Å². The average Bonchev–Trinajstić information content (AvgIpc) is 2.54. The molecule has 0 amide bonds. The van der Waals surface area contributed by atoms with E-state index in [1.165, 1.54) is 14.2 Å². The van der Waals surface area contributed by atoms with E-state index in [9.17, 15) is 13.2 Å². The van der Waals surface area contributed by atoms with Gasteiger partial charge in [0.05, 0.1) is 12.8 Å². The number of hydrogen-bond donors (Lipinski definition) is 3. The Morgan fingerprint density at radius 2 is 1.81 bits per heavy atom. The van der Waals surface area contributed by atoms with Gasteiger partial charge in [-0.1, -0.05) is 6.07 Å². The van der Waals surface area contributed by atoms with Crippen LogP contribution in [-0.2, 0) is 6.18 Å². The van der Waals surface area contributed by atoms with Crippen molar-refractivity contribution >= 4 is 23.1 Å². The van der Waals surface area contributed by atoms with E-state index in [1.807, 2.05) is 0 Å². The smallest absolute Gasteiger partial charge is 0.505 e. The zero-order chi connectivity index (χ0) is 17.9. The zero-order valence-corrected chi connectivity index (χ0v) is 18.5. The van der Waals surface area contributed by atoms with Crippen molar-refractivity contribution in [2.45, 2.75) is 6.18 Å². The average molecular weight is 394 g/mol. The van der Waals surface area contributed by atoms with Crippen molar-refractivity contribution in [1.82, 2.24) is 9.97 Å². The summed E-state index contributed by atoms with van der Waals surface area (Å²) in [5.41, 5.74) is 0.926. The molecule has 0 aliphatic rings. The van der Waals surface area contributed by atoms with Crippen LogP contribution in [0.3, 0.4) is 0 Å². The van der Waals surface area contributed by atoms with Crippen LogP contribution in [0.2, 0.25) is 0 Å². The molecule has 1 aromatic carbocycles. The first-order valence-electron chi connectivity index (χ1n) is 6.91. The van der Waals surface area contributed by atoms with Crippen LogP contribution in [0.1, 0.15) is 11.1 Å². The predicted molar refractivity (Wildman–Crippen MR) is 93.3 cm³/mol. The second-order valence-electron chi connectivity index (χ2n) is 4.76. The fourth-order valence-electron chi connectivity index (χ4n) is 2.17. The Morgan fingerprint density at radius 3 is 2.31 bits per heavy atom. The first-order valence-corrected chi connectivity index (χ1v) is 6.91. The van der Waals surface area contributed by atoms with E-state index in [1.54, 1.807) is 19.2 Å². The largest absolute Gasteiger partial charge is 1.00 e. The molecule has 1 heterocycles. The number of alkyl halides is 3. The number of nitrogens with one attached hydrogen (secondary N) is 3. The van der Waals surface area contributed by atoms with Gasteiger partial charge in [0.25, 0.3) is 0 Å². The summed E-state index contributed by atoms with van der Waals surface area (Å²) in [4.78, 5) is 7.59. The van der Waals surface area contributed by atoms with Gasteiger partial charge < -0.3 is 28.1 Å². The SMILES string of the molecule is [CH2-]c1ccc(Nc2ncc(C(F)(F)F)c(NC)n2)c(OC)c1NC.[CH3-].[K+]. The summed E-state index contributed by atoms with van der Waals surface area (Å²) in [6, 6.07) is 3.42. The van der Waals surface area contributed by atoms with Crippen LogP contribution >= 0.6 is 0 Å². The van der Waals surface area contributed by atoms with Crippen LogP contribution in [0.25, 0.3) is 0 Å². The summed E-state index contributed by atoms with van der Waals surface area (Å²) >= 11 is 0. The first-order chi connectivity index (χ1) is 11.3. The molecule has 0 radical (unpaired) electrons. The van der Waals surface area contributed by atoms with E-state index in [0.717, 1.165) is 6.20 Å². The molecule has 3 N–H and O–H groups in total. The molecule has 0 aliphatic carbocycles. The van der Waals surface area contributed by atoms with Gasteiger partial charge in [-0.25, -0.2) is 4.98 Å². The van der Waals surface area contributed by atoms with Crippen molar-refractivity contribution in [3.05, 3.63) is 43.8 Å². The van der Waals surface area contributed by atoms with Crippen molar-refractivity contribution in [3.63, 3.8) is 0 Å². The van der Waals surface area contributed by atoms with Crippen LogP contribution in [-0.4, -0.2) is 31.2 Å². The molecule has 0 unspecified atom stereocenters. The van der Waals surface area contributed by atoms with Crippen LogP contribution < -0.4 is 72.1 Å². The molecule has 6 nitrogen and oxygen atoms in total. The van der Waals surface area contributed by atoms with Gasteiger partial charge in [0.15, 0.2) is 0 Å². The Hall–Kier alpha value is -1.20. The van der Waals surface area contributed by atoms with Crippen LogP contribution in [0, 0.1) is 14.4 Å². The summed E-state index contributed by atoms with van der Waals surface area (Å²) in [6.45, 7) is 3.88. The second kappa shape index (κ2) is 10.2. The van der Waals surface area contributed by atoms with Crippen molar-refractivity contribution in [2.24, 2.45) is 0 Å². The van der Waals surface area contributed by atoms with Gasteiger partial charge in [-0.15, -0.1) is 0 Å². The molecular formula is C16H20F3KN5O-. The number of nitrogens with zero attached hydrogens (tertiary/aromatic N) is 2. The van der Waals surface area contributed by atoms with E-state index in [-0.39, 0.29) is 70.6 Å². The second-order valence-corrected chi connectivity index (χ2v) is 4.76. The van der Waals surface area contributed by atoms with Crippen molar-refractivity contribution in [1.29, 1.82) is 0 Å². The third-order valence-corrected chi connectivity index (χ3v) is 3.28. The first kappa shape index (κ1) is 24.8. The summed E-state index contributed by atoms with van der Waals surface area (Å²) in [7, 11) is 4.55. The summed E-state index contributed by atoms with van der Waals surface area (Å²) in [5.74, 6) is 0.144. The minimum atomic E-state index is -4.54. The molecule has 10 heteroatoms. The minimum absolute atomic E-state index is 0.